The standard InChI is InChI=1S/C18H30N6O2S/c1-2-20-18(23-15-7-12-24(13-8-15)16-5-6-16)21-10-11-22-27(25,26)17-4-3-9-19-14-17/h3-4,9,14-16,22H,2,5-8,10-13H2,1H3,(H2,20,21,23). The highest BCUT2D eigenvalue weighted by molar-refractivity contribution is 7.89. The molecule has 1 aliphatic heterocycles. The number of rotatable bonds is 8. The second-order valence-electron chi connectivity index (χ2n) is 7.03. The number of pyridine rings is 1. The van der Waals surface area contributed by atoms with E-state index in [1.807, 2.05) is 6.92 Å². The maximum Gasteiger partial charge on any atom is 0.242 e. The van der Waals surface area contributed by atoms with Gasteiger partial charge in [0.25, 0.3) is 0 Å². The number of hydrogen-bond donors (Lipinski definition) is 3. The lowest BCUT2D eigenvalue weighted by Gasteiger charge is -2.33. The summed E-state index contributed by atoms with van der Waals surface area (Å²) in [4.78, 5) is 11.1. The van der Waals surface area contributed by atoms with Gasteiger partial charge in [0.1, 0.15) is 4.90 Å². The van der Waals surface area contributed by atoms with Crippen LogP contribution in [0.5, 0.6) is 0 Å². The van der Waals surface area contributed by atoms with Crippen LogP contribution in [0.25, 0.3) is 0 Å². The van der Waals surface area contributed by atoms with E-state index in [0.29, 0.717) is 12.6 Å². The van der Waals surface area contributed by atoms with E-state index in [1.165, 1.54) is 25.1 Å². The molecule has 2 fully saturated rings. The minimum Gasteiger partial charge on any atom is -0.357 e. The molecule has 8 nitrogen and oxygen atoms in total. The Labute approximate surface area is 161 Å². The van der Waals surface area contributed by atoms with Gasteiger partial charge in [-0.15, -0.1) is 0 Å². The Morgan fingerprint density at radius 3 is 2.70 bits per heavy atom. The average Bonchev–Trinajstić information content (AvgIpc) is 3.52. The van der Waals surface area contributed by atoms with Crippen LogP contribution in [-0.4, -0.2) is 69.1 Å². The highest BCUT2D eigenvalue weighted by atomic mass is 32.2. The third-order valence-corrected chi connectivity index (χ3v) is 6.34. The van der Waals surface area contributed by atoms with Gasteiger partial charge >= 0.3 is 0 Å². The Morgan fingerprint density at radius 1 is 1.30 bits per heavy atom. The third kappa shape index (κ3) is 6.15. The number of hydrogen-bond acceptors (Lipinski definition) is 5. The Kier molecular flexibility index (Phi) is 7.03. The van der Waals surface area contributed by atoms with Crippen LogP contribution in [-0.2, 0) is 10.0 Å². The molecule has 3 rings (SSSR count). The van der Waals surface area contributed by atoms with E-state index >= 15 is 0 Å². The summed E-state index contributed by atoms with van der Waals surface area (Å²) in [6.07, 6.45) is 7.84. The van der Waals surface area contributed by atoms with Crippen LogP contribution in [0.2, 0.25) is 0 Å². The summed E-state index contributed by atoms with van der Waals surface area (Å²) < 4.78 is 26.9. The summed E-state index contributed by atoms with van der Waals surface area (Å²) in [6, 6.07) is 4.39. The van der Waals surface area contributed by atoms with Gasteiger partial charge in [-0.2, -0.15) is 0 Å². The van der Waals surface area contributed by atoms with Crippen LogP contribution in [0.4, 0.5) is 0 Å². The maximum atomic E-state index is 12.2. The fraction of sp³-hybridized carbons (Fsp3) is 0.667. The van der Waals surface area contributed by atoms with Gasteiger partial charge in [-0.05, 0) is 44.7 Å². The highest BCUT2D eigenvalue weighted by Crippen LogP contribution is 2.29. The molecule has 0 bridgehead atoms. The largest absolute Gasteiger partial charge is 0.357 e. The molecule has 1 aromatic rings. The lowest BCUT2D eigenvalue weighted by Crippen LogP contribution is -2.49. The second-order valence-corrected chi connectivity index (χ2v) is 8.80. The quantitative estimate of drug-likeness (QED) is 0.338. The van der Waals surface area contributed by atoms with Crippen molar-refractivity contribution in [3.63, 3.8) is 0 Å². The van der Waals surface area contributed by atoms with Gasteiger partial charge in [0.2, 0.25) is 10.0 Å². The second kappa shape index (κ2) is 9.48. The van der Waals surface area contributed by atoms with Crippen molar-refractivity contribution >= 4 is 16.0 Å². The molecule has 1 saturated carbocycles. The van der Waals surface area contributed by atoms with Crippen molar-refractivity contribution in [2.75, 3.05) is 32.7 Å². The molecule has 1 aliphatic carbocycles. The molecule has 0 aromatic carbocycles. The van der Waals surface area contributed by atoms with Crippen LogP contribution in [0, 0.1) is 0 Å². The SMILES string of the molecule is CCNC(=NCCNS(=O)(=O)c1cccnc1)NC1CCN(C2CC2)CC1. The first-order valence-corrected chi connectivity index (χ1v) is 11.3. The van der Waals surface area contributed by atoms with E-state index in [2.05, 4.69) is 30.2 Å². The Hall–Kier alpha value is -1.71. The number of aromatic nitrogens is 1. The van der Waals surface area contributed by atoms with Crippen molar-refractivity contribution in [1.29, 1.82) is 0 Å². The molecule has 9 heteroatoms. The van der Waals surface area contributed by atoms with Crippen molar-refractivity contribution in [3.05, 3.63) is 24.5 Å². The first kappa shape index (κ1) is 20.0. The van der Waals surface area contributed by atoms with Crippen molar-refractivity contribution in [3.8, 4) is 0 Å². The van der Waals surface area contributed by atoms with E-state index < -0.39 is 10.0 Å². The molecule has 3 N–H and O–H groups in total. The van der Waals surface area contributed by atoms with Crippen LogP contribution >= 0.6 is 0 Å². The number of guanidine groups is 1. The number of nitrogens with one attached hydrogen (secondary N) is 3. The molecular formula is C18H30N6O2S. The van der Waals surface area contributed by atoms with Gasteiger partial charge in [0.15, 0.2) is 5.96 Å². The molecule has 0 unspecified atom stereocenters. The minimum atomic E-state index is -3.53. The van der Waals surface area contributed by atoms with Crippen molar-refractivity contribution < 1.29 is 8.42 Å². The molecule has 0 radical (unpaired) electrons. The van der Waals surface area contributed by atoms with Gasteiger partial charge in [0.05, 0.1) is 6.54 Å². The average molecular weight is 395 g/mol. The number of sulfonamides is 1. The summed E-state index contributed by atoms with van der Waals surface area (Å²) >= 11 is 0. The Balaban J connectivity index is 1.44. The molecule has 0 amide bonds. The normalized spacial score (nSPS) is 19.8. The molecule has 1 saturated heterocycles. The maximum absolute atomic E-state index is 12.2. The smallest absolute Gasteiger partial charge is 0.242 e. The van der Waals surface area contributed by atoms with Gasteiger partial charge < -0.3 is 15.5 Å². The zero-order valence-corrected chi connectivity index (χ0v) is 16.7. The minimum absolute atomic E-state index is 0.168. The molecule has 0 atom stereocenters. The van der Waals surface area contributed by atoms with Crippen LogP contribution in [0.15, 0.2) is 34.4 Å². The number of likely N-dealkylation sites (tertiary alicyclic amines) is 1. The topological polar surface area (TPSA) is 98.7 Å². The third-order valence-electron chi connectivity index (χ3n) is 4.90. The fourth-order valence-corrected chi connectivity index (χ4v) is 4.28. The van der Waals surface area contributed by atoms with E-state index in [4.69, 9.17) is 0 Å². The number of aliphatic imine (C=N–C) groups is 1. The Bertz CT molecular complexity index is 713. The summed E-state index contributed by atoms with van der Waals surface area (Å²) in [7, 11) is -3.53. The predicted molar refractivity (Wildman–Crippen MR) is 106 cm³/mol. The fourth-order valence-electron chi connectivity index (χ4n) is 3.30. The van der Waals surface area contributed by atoms with Crippen molar-refractivity contribution in [2.24, 2.45) is 4.99 Å². The van der Waals surface area contributed by atoms with Gasteiger partial charge in [-0.1, -0.05) is 0 Å². The molecule has 0 spiro atoms. The van der Waals surface area contributed by atoms with Crippen LogP contribution in [0.3, 0.4) is 0 Å². The summed E-state index contributed by atoms with van der Waals surface area (Å²) in [5.41, 5.74) is 0. The predicted octanol–water partition coefficient (Wildman–Crippen LogP) is 0.542. The van der Waals surface area contributed by atoms with E-state index in [0.717, 1.165) is 44.5 Å². The van der Waals surface area contributed by atoms with Crippen molar-refractivity contribution in [1.82, 2.24) is 25.2 Å². The summed E-state index contributed by atoms with van der Waals surface area (Å²) in [6.45, 7) is 5.70. The summed E-state index contributed by atoms with van der Waals surface area (Å²) in [5, 5.41) is 6.73. The molecular weight excluding hydrogens is 364 g/mol. The monoisotopic (exact) mass is 394 g/mol. The summed E-state index contributed by atoms with van der Waals surface area (Å²) in [5.74, 6) is 0.753. The molecule has 2 heterocycles. The van der Waals surface area contributed by atoms with E-state index in [1.54, 1.807) is 12.3 Å². The Morgan fingerprint density at radius 2 is 2.07 bits per heavy atom. The van der Waals surface area contributed by atoms with Crippen molar-refractivity contribution in [2.45, 2.75) is 49.6 Å². The number of piperidine rings is 1. The van der Waals surface area contributed by atoms with Gasteiger partial charge in [-0.25, -0.2) is 13.1 Å². The molecule has 1 aromatic heterocycles. The molecule has 2 aliphatic rings. The molecule has 150 valence electrons. The van der Waals surface area contributed by atoms with Crippen LogP contribution in [0.1, 0.15) is 32.6 Å². The van der Waals surface area contributed by atoms with Crippen LogP contribution < -0.4 is 15.4 Å². The van der Waals surface area contributed by atoms with E-state index in [-0.39, 0.29) is 11.4 Å². The van der Waals surface area contributed by atoms with Gasteiger partial charge in [-0.3, -0.25) is 9.98 Å². The first-order chi connectivity index (χ1) is 13.1. The highest BCUT2D eigenvalue weighted by Gasteiger charge is 2.31. The molecule has 27 heavy (non-hydrogen) atoms. The van der Waals surface area contributed by atoms with E-state index in [9.17, 15) is 8.42 Å². The number of nitrogens with zero attached hydrogens (tertiary/aromatic N) is 3. The van der Waals surface area contributed by atoms with Gasteiger partial charge in [0, 0.05) is 50.7 Å². The lowest BCUT2D eigenvalue weighted by molar-refractivity contribution is 0.197. The lowest BCUT2D eigenvalue weighted by atomic mass is 10.1. The zero-order chi connectivity index (χ0) is 19.1. The first-order valence-electron chi connectivity index (χ1n) is 9.77. The zero-order valence-electron chi connectivity index (χ0n) is 15.9.